The first-order valence-electron chi connectivity index (χ1n) is 10.7. The van der Waals surface area contributed by atoms with Crippen molar-refractivity contribution in [1.29, 1.82) is 5.41 Å². The fourth-order valence-corrected chi connectivity index (χ4v) is 5.73. The minimum Gasteiger partial charge on any atom is -0.464 e. The number of carbonyl (C=O) groups is 2. The standard InChI is InChI=1S/C26H23N3O3S/c1-15(30)19-5-4-6-20(28-19)18-12-22(33-14-18)26(2)13-23(27)29(3)25(31)24(26)17-7-8-21-16(11-17)9-10-32-21/h4-12,14,24,27H,13H2,1-3H3/t24-,26-/m1/s1. The lowest BCUT2D eigenvalue weighted by Crippen LogP contribution is -2.51. The van der Waals surface area contributed by atoms with Crippen LogP contribution in [0.3, 0.4) is 0 Å². The topological polar surface area (TPSA) is 87.3 Å². The number of amidine groups is 1. The van der Waals surface area contributed by atoms with Gasteiger partial charge in [0.1, 0.15) is 17.1 Å². The molecule has 1 aromatic carbocycles. The second kappa shape index (κ2) is 7.78. The number of piperidine rings is 1. The van der Waals surface area contributed by atoms with Gasteiger partial charge >= 0.3 is 0 Å². The van der Waals surface area contributed by atoms with Crippen molar-refractivity contribution >= 4 is 39.8 Å². The van der Waals surface area contributed by atoms with Crippen molar-refractivity contribution in [1.82, 2.24) is 9.88 Å². The summed E-state index contributed by atoms with van der Waals surface area (Å²) >= 11 is 1.56. The van der Waals surface area contributed by atoms with E-state index in [0.717, 1.165) is 32.7 Å². The quantitative estimate of drug-likeness (QED) is 0.402. The van der Waals surface area contributed by atoms with Crippen LogP contribution in [0.15, 0.2) is 64.6 Å². The van der Waals surface area contributed by atoms with E-state index in [4.69, 9.17) is 9.83 Å². The lowest BCUT2D eigenvalue weighted by molar-refractivity contribution is -0.131. The molecule has 4 heterocycles. The zero-order chi connectivity index (χ0) is 23.3. The van der Waals surface area contributed by atoms with E-state index < -0.39 is 11.3 Å². The van der Waals surface area contributed by atoms with Crippen LogP contribution >= 0.6 is 11.3 Å². The maximum absolute atomic E-state index is 13.5. The molecule has 0 saturated carbocycles. The summed E-state index contributed by atoms with van der Waals surface area (Å²) in [5.74, 6) is -0.319. The molecule has 5 rings (SSSR count). The van der Waals surface area contributed by atoms with Gasteiger partial charge in [-0.1, -0.05) is 19.1 Å². The number of rotatable bonds is 4. The number of likely N-dealkylation sites (N-methyl/N-ethyl adjacent to an activating group) is 1. The number of hydrogen-bond acceptors (Lipinski definition) is 6. The molecular weight excluding hydrogens is 434 g/mol. The van der Waals surface area contributed by atoms with Crippen LogP contribution in [0.1, 0.15) is 47.1 Å². The predicted molar refractivity (Wildman–Crippen MR) is 129 cm³/mol. The molecule has 3 aromatic heterocycles. The summed E-state index contributed by atoms with van der Waals surface area (Å²) in [5, 5.41) is 11.4. The number of furan rings is 1. The van der Waals surface area contributed by atoms with Gasteiger partial charge in [0.2, 0.25) is 5.91 Å². The number of benzene rings is 1. The number of hydrogen-bond donors (Lipinski definition) is 1. The molecule has 1 aliphatic heterocycles. The average molecular weight is 458 g/mol. The van der Waals surface area contributed by atoms with Gasteiger partial charge in [-0.25, -0.2) is 4.98 Å². The van der Waals surface area contributed by atoms with E-state index in [1.165, 1.54) is 11.8 Å². The lowest BCUT2D eigenvalue weighted by Gasteiger charge is -2.44. The third-order valence-corrected chi connectivity index (χ3v) is 7.74. The normalized spacial score (nSPS) is 21.1. The van der Waals surface area contributed by atoms with Gasteiger partial charge in [-0.3, -0.25) is 15.0 Å². The molecular formula is C26H23N3O3S. The van der Waals surface area contributed by atoms with Gasteiger partial charge in [0.05, 0.1) is 17.9 Å². The van der Waals surface area contributed by atoms with Gasteiger partial charge in [-0.2, -0.15) is 0 Å². The van der Waals surface area contributed by atoms with Crippen molar-refractivity contribution in [2.45, 2.75) is 31.6 Å². The van der Waals surface area contributed by atoms with Gasteiger partial charge in [0.15, 0.2) is 5.78 Å². The number of nitrogens with zero attached hydrogens (tertiary/aromatic N) is 2. The average Bonchev–Trinajstić information content (AvgIpc) is 3.47. The number of likely N-dealkylation sites (tertiary alicyclic amines) is 1. The summed E-state index contributed by atoms with van der Waals surface area (Å²) < 4.78 is 5.48. The molecule has 0 unspecified atom stereocenters. The SMILES string of the molecule is CC(=O)c1cccc(-c2csc([C@@]3(C)CC(=N)N(C)C(=O)[C@H]3c3ccc4occc4c3)c2)n1. The maximum atomic E-state index is 13.5. The van der Waals surface area contributed by atoms with Crippen LogP contribution in [0.25, 0.3) is 22.2 Å². The lowest BCUT2D eigenvalue weighted by atomic mass is 9.67. The third kappa shape index (κ3) is 3.49. The summed E-state index contributed by atoms with van der Waals surface area (Å²) in [6.45, 7) is 3.56. The van der Waals surface area contributed by atoms with Gasteiger partial charge in [-0.05, 0) is 42.0 Å². The Hall–Kier alpha value is -3.58. The molecule has 0 bridgehead atoms. The smallest absolute Gasteiger partial charge is 0.236 e. The fourth-order valence-electron chi connectivity index (χ4n) is 4.63. The van der Waals surface area contributed by atoms with E-state index in [1.807, 2.05) is 47.8 Å². The highest BCUT2D eigenvalue weighted by atomic mass is 32.1. The molecule has 0 aliphatic carbocycles. The maximum Gasteiger partial charge on any atom is 0.236 e. The Kier molecular flexibility index (Phi) is 5.01. The van der Waals surface area contributed by atoms with Crippen LogP contribution in [0.5, 0.6) is 0 Å². The third-order valence-electron chi connectivity index (χ3n) is 6.53. The zero-order valence-electron chi connectivity index (χ0n) is 18.6. The predicted octanol–water partition coefficient (Wildman–Crippen LogP) is 5.64. The monoisotopic (exact) mass is 457 g/mol. The number of carbonyl (C=O) groups excluding carboxylic acids is 2. The number of aromatic nitrogens is 1. The number of pyridine rings is 1. The Morgan fingerprint density at radius 2 is 2.06 bits per heavy atom. The van der Waals surface area contributed by atoms with Gasteiger partial charge < -0.3 is 9.32 Å². The molecule has 7 heteroatoms. The van der Waals surface area contributed by atoms with Crippen LogP contribution in [0.4, 0.5) is 0 Å². The minimum absolute atomic E-state index is 0.0802. The minimum atomic E-state index is -0.598. The summed E-state index contributed by atoms with van der Waals surface area (Å²) in [6.07, 6.45) is 2.08. The molecule has 33 heavy (non-hydrogen) atoms. The first kappa shape index (κ1) is 21.3. The van der Waals surface area contributed by atoms with E-state index in [-0.39, 0.29) is 11.7 Å². The summed E-state index contributed by atoms with van der Waals surface area (Å²) in [5.41, 5.74) is 3.14. The zero-order valence-corrected chi connectivity index (χ0v) is 19.4. The summed E-state index contributed by atoms with van der Waals surface area (Å²) in [4.78, 5) is 32.3. The van der Waals surface area contributed by atoms with E-state index in [0.29, 0.717) is 18.0 Å². The van der Waals surface area contributed by atoms with Crippen molar-refractivity contribution in [3.63, 3.8) is 0 Å². The Labute approximate surface area is 195 Å². The van der Waals surface area contributed by atoms with Crippen molar-refractivity contribution in [3.8, 4) is 11.3 Å². The number of ketones is 1. The van der Waals surface area contributed by atoms with Gasteiger partial charge in [0.25, 0.3) is 0 Å². The first-order chi connectivity index (χ1) is 15.8. The Balaban J connectivity index is 1.61. The van der Waals surface area contributed by atoms with Crippen molar-refractivity contribution in [2.24, 2.45) is 0 Å². The highest BCUT2D eigenvalue weighted by Gasteiger charge is 2.49. The largest absolute Gasteiger partial charge is 0.464 e. The van der Waals surface area contributed by atoms with Gasteiger partial charge in [-0.15, -0.1) is 11.3 Å². The van der Waals surface area contributed by atoms with Gasteiger partial charge in [0, 0.05) is 47.0 Å². The Morgan fingerprint density at radius 3 is 2.85 bits per heavy atom. The highest BCUT2D eigenvalue weighted by molar-refractivity contribution is 7.10. The van der Waals surface area contributed by atoms with Crippen LogP contribution in [-0.4, -0.2) is 34.5 Å². The number of nitrogens with one attached hydrogen (secondary N) is 1. The van der Waals surface area contributed by atoms with E-state index in [1.54, 1.807) is 30.7 Å². The highest BCUT2D eigenvalue weighted by Crippen LogP contribution is 2.49. The Morgan fingerprint density at radius 1 is 1.24 bits per heavy atom. The molecule has 1 aliphatic rings. The molecule has 2 atom stereocenters. The molecule has 1 saturated heterocycles. The second-order valence-electron chi connectivity index (χ2n) is 8.75. The number of amides is 1. The molecule has 1 N–H and O–H groups in total. The van der Waals surface area contributed by atoms with Crippen molar-refractivity contribution in [2.75, 3.05) is 7.05 Å². The van der Waals surface area contributed by atoms with Crippen molar-refractivity contribution in [3.05, 3.63) is 76.3 Å². The van der Waals surface area contributed by atoms with E-state index >= 15 is 0 Å². The first-order valence-corrected chi connectivity index (χ1v) is 11.6. The van der Waals surface area contributed by atoms with Crippen LogP contribution in [0.2, 0.25) is 0 Å². The molecule has 4 aromatic rings. The molecule has 166 valence electrons. The molecule has 0 spiro atoms. The number of thiophene rings is 1. The molecule has 6 nitrogen and oxygen atoms in total. The Bertz CT molecular complexity index is 1420. The molecule has 1 fully saturated rings. The number of Topliss-reactive ketones (excluding diaryl/α,β-unsaturated/α-hetero) is 1. The molecule has 0 radical (unpaired) electrons. The number of fused-ring (bicyclic) bond motifs is 1. The van der Waals surface area contributed by atoms with Crippen LogP contribution < -0.4 is 0 Å². The fraction of sp³-hybridized carbons (Fsp3) is 0.231. The van der Waals surface area contributed by atoms with E-state index in [2.05, 4.69) is 11.9 Å². The summed E-state index contributed by atoms with van der Waals surface area (Å²) in [7, 11) is 1.67. The van der Waals surface area contributed by atoms with Crippen LogP contribution in [0, 0.1) is 5.41 Å². The molecule has 1 amide bonds. The van der Waals surface area contributed by atoms with E-state index in [9.17, 15) is 9.59 Å². The second-order valence-corrected chi connectivity index (χ2v) is 9.66. The van der Waals surface area contributed by atoms with Crippen LogP contribution in [-0.2, 0) is 10.2 Å². The summed E-state index contributed by atoms with van der Waals surface area (Å²) in [6, 6.07) is 15.2. The van der Waals surface area contributed by atoms with Crippen molar-refractivity contribution < 1.29 is 14.0 Å².